The summed E-state index contributed by atoms with van der Waals surface area (Å²) in [5.74, 6) is 1.35. The Hall–Kier alpha value is -0.140. The van der Waals surface area contributed by atoms with Gasteiger partial charge in [-0.15, -0.1) is 45.3 Å². The molecule has 0 aliphatic heterocycles. The van der Waals surface area contributed by atoms with Gasteiger partial charge in [0.15, 0.2) is 0 Å². The number of hydrogen-bond acceptors (Lipinski definition) is 6. The number of rotatable bonds is 6. The fourth-order valence-corrected chi connectivity index (χ4v) is 10.6. The van der Waals surface area contributed by atoms with Crippen LogP contribution in [-0.2, 0) is 12.8 Å². The molecule has 0 N–H and O–H groups in total. The molecular weight excluding hydrogens is 698 g/mol. The summed E-state index contributed by atoms with van der Waals surface area (Å²) in [6, 6.07) is 9.01. The third-order valence-electron chi connectivity index (χ3n) is 5.03. The van der Waals surface area contributed by atoms with Crippen molar-refractivity contribution in [3.8, 4) is 19.8 Å². The first-order valence-electron chi connectivity index (χ1n) is 10.6. The van der Waals surface area contributed by atoms with E-state index in [9.17, 15) is 0 Å². The highest BCUT2D eigenvalue weighted by molar-refractivity contribution is 14.1. The van der Waals surface area contributed by atoms with Gasteiger partial charge in [0.1, 0.15) is 10.0 Å². The van der Waals surface area contributed by atoms with Gasteiger partial charge in [-0.05, 0) is 94.1 Å². The van der Waals surface area contributed by atoms with E-state index in [4.69, 9.17) is 9.97 Å². The molecule has 0 aliphatic rings. The number of hydrogen-bond donors (Lipinski definition) is 0. The molecule has 0 amide bonds. The Kier molecular flexibility index (Phi) is 6.99. The van der Waals surface area contributed by atoms with E-state index in [0.29, 0.717) is 11.8 Å². The van der Waals surface area contributed by atoms with Gasteiger partial charge in [0.2, 0.25) is 0 Å². The van der Waals surface area contributed by atoms with Crippen molar-refractivity contribution < 1.29 is 0 Å². The van der Waals surface area contributed by atoms with E-state index in [1.165, 1.54) is 36.0 Å². The molecule has 0 fully saturated rings. The Labute approximate surface area is 231 Å². The molecule has 0 unspecified atom stereocenters. The van der Waals surface area contributed by atoms with Crippen molar-refractivity contribution in [3.63, 3.8) is 0 Å². The van der Waals surface area contributed by atoms with E-state index in [2.05, 4.69) is 97.1 Å². The Bertz CT molecular complexity index is 1260. The van der Waals surface area contributed by atoms with Crippen LogP contribution in [-0.4, -0.2) is 9.97 Å². The molecule has 32 heavy (non-hydrogen) atoms. The van der Waals surface area contributed by atoms with Crippen LogP contribution >= 0.6 is 90.5 Å². The number of fused-ring (bicyclic) bond motifs is 2. The Morgan fingerprint density at radius 1 is 0.656 bits per heavy atom. The predicted molar refractivity (Wildman–Crippen MR) is 162 cm³/mol. The Morgan fingerprint density at radius 2 is 1.06 bits per heavy atom. The minimum Gasteiger partial charge on any atom is -0.234 e. The summed E-state index contributed by atoms with van der Waals surface area (Å²) < 4.78 is 4.99. The van der Waals surface area contributed by atoms with Gasteiger partial charge in [-0.1, -0.05) is 27.7 Å². The Morgan fingerprint density at radius 3 is 1.44 bits per heavy atom. The van der Waals surface area contributed by atoms with Crippen molar-refractivity contribution in [2.45, 2.75) is 40.5 Å². The van der Waals surface area contributed by atoms with Crippen molar-refractivity contribution in [1.29, 1.82) is 0 Å². The van der Waals surface area contributed by atoms with Gasteiger partial charge >= 0.3 is 0 Å². The van der Waals surface area contributed by atoms with Crippen molar-refractivity contribution in [2.75, 3.05) is 0 Å². The van der Waals surface area contributed by atoms with Crippen molar-refractivity contribution in [2.24, 2.45) is 11.8 Å². The van der Waals surface area contributed by atoms with E-state index in [1.54, 1.807) is 0 Å². The van der Waals surface area contributed by atoms with Crippen LogP contribution in [0.2, 0.25) is 0 Å². The number of halogens is 2. The molecule has 166 valence electrons. The largest absolute Gasteiger partial charge is 0.234 e. The van der Waals surface area contributed by atoms with Crippen LogP contribution in [0, 0.1) is 19.0 Å². The van der Waals surface area contributed by atoms with Crippen LogP contribution in [0.1, 0.15) is 37.4 Å². The second kappa shape index (κ2) is 9.49. The molecule has 0 aliphatic carbocycles. The summed E-state index contributed by atoms with van der Waals surface area (Å²) in [6.45, 7) is 9.10. The van der Waals surface area contributed by atoms with E-state index in [-0.39, 0.29) is 0 Å². The average molecular weight is 721 g/mol. The maximum absolute atomic E-state index is 5.10. The lowest BCUT2D eigenvalue weighted by Crippen LogP contribution is -1.89. The van der Waals surface area contributed by atoms with E-state index in [0.717, 1.165) is 33.9 Å². The summed E-state index contributed by atoms with van der Waals surface area (Å²) in [4.78, 5) is 15.7. The first-order chi connectivity index (χ1) is 15.3. The molecule has 0 atom stereocenters. The molecule has 0 spiro atoms. The van der Waals surface area contributed by atoms with Gasteiger partial charge in [-0.25, -0.2) is 9.97 Å². The van der Waals surface area contributed by atoms with Crippen molar-refractivity contribution in [1.82, 2.24) is 9.97 Å². The van der Waals surface area contributed by atoms with Crippen LogP contribution in [0.15, 0.2) is 24.3 Å². The lowest BCUT2D eigenvalue weighted by Gasteiger charge is -1.99. The topological polar surface area (TPSA) is 25.8 Å². The predicted octanol–water partition coefficient (Wildman–Crippen LogP) is 9.97. The van der Waals surface area contributed by atoms with Crippen LogP contribution < -0.4 is 0 Å². The number of nitrogens with zero attached hydrogens (tertiary/aromatic N) is 2. The van der Waals surface area contributed by atoms with Gasteiger partial charge < -0.3 is 0 Å². The van der Waals surface area contributed by atoms with E-state index >= 15 is 0 Å². The van der Waals surface area contributed by atoms with Crippen LogP contribution in [0.25, 0.3) is 40.2 Å². The molecule has 8 heteroatoms. The molecule has 4 heterocycles. The maximum atomic E-state index is 5.10. The summed E-state index contributed by atoms with van der Waals surface area (Å²) in [7, 11) is 0. The quantitative estimate of drug-likeness (QED) is 0.163. The molecule has 0 saturated carbocycles. The molecule has 5 aromatic rings. The molecule has 1 aromatic carbocycles. The third-order valence-corrected chi connectivity index (χ3v) is 12.6. The molecule has 0 saturated heterocycles. The van der Waals surface area contributed by atoms with E-state index in [1.807, 2.05) is 45.3 Å². The number of benzene rings is 1. The first kappa shape index (κ1) is 23.6. The number of thiophene rings is 2. The maximum Gasteiger partial charge on any atom is 0.134 e. The average Bonchev–Trinajstić information content (AvgIpc) is 3.49. The van der Waals surface area contributed by atoms with Crippen molar-refractivity contribution >= 4 is 111 Å². The zero-order valence-electron chi connectivity index (χ0n) is 18.2. The standard InChI is InChI=1S/C24H22I2N2S4/c1-11(2)9-13-5-7-15(29-13)23-27-19-17(25)22-20(18(26)21(19)31-23)28-24(32-22)16-8-6-14(30-16)10-12(3)4/h5-8,11-12H,9-10H2,1-4H3. The van der Waals surface area contributed by atoms with Gasteiger partial charge in [-0.3, -0.25) is 0 Å². The summed E-state index contributed by atoms with van der Waals surface area (Å²) in [6.07, 6.45) is 2.27. The fourth-order valence-electron chi connectivity index (χ4n) is 3.67. The van der Waals surface area contributed by atoms with Crippen molar-refractivity contribution in [3.05, 3.63) is 41.2 Å². The third kappa shape index (κ3) is 4.56. The van der Waals surface area contributed by atoms with Crippen LogP contribution in [0.4, 0.5) is 0 Å². The summed E-state index contributed by atoms with van der Waals surface area (Å²) in [5, 5.41) is 2.26. The highest BCUT2D eigenvalue weighted by Crippen LogP contribution is 2.45. The molecule has 2 nitrogen and oxygen atoms in total. The van der Waals surface area contributed by atoms with Gasteiger partial charge in [0.25, 0.3) is 0 Å². The van der Waals surface area contributed by atoms with E-state index < -0.39 is 0 Å². The minimum atomic E-state index is 0.676. The van der Waals surface area contributed by atoms with Gasteiger partial charge in [0.05, 0.1) is 37.3 Å². The highest BCUT2D eigenvalue weighted by atomic mass is 127. The second-order valence-corrected chi connectivity index (χ2v) is 15.2. The monoisotopic (exact) mass is 720 g/mol. The minimum absolute atomic E-state index is 0.676. The SMILES string of the molecule is CC(C)Cc1ccc(-c2nc3c(I)c4sc(-c5ccc(CC(C)C)s5)nc4c(I)c3s2)s1. The summed E-state index contributed by atoms with van der Waals surface area (Å²) in [5.41, 5.74) is 2.26. The zero-order chi connectivity index (χ0) is 22.6. The molecule has 0 radical (unpaired) electrons. The molecule has 5 rings (SSSR count). The molecule has 4 aromatic heterocycles. The van der Waals surface area contributed by atoms with Crippen LogP contribution in [0.3, 0.4) is 0 Å². The zero-order valence-corrected chi connectivity index (χ0v) is 25.7. The molecular formula is C24H22I2N2S4. The lowest BCUT2D eigenvalue weighted by atomic mass is 10.1. The normalized spacial score (nSPS) is 12.2. The fraction of sp³-hybridized carbons (Fsp3) is 0.333. The van der Waals surface area contributed by atoms with Gasteiger partial charge in [0, 0.05) is 9.75 Å². The first-order valence-corrected chi connectivity index (χ1v) is 16.0. The Balaban J connectivity index is 1.56. The smallest absolute Gasteiger partial charge is 0.134 e. The second-order valence-electron chi connectivity index (χ2n) is 8.75. The highest BCUT2D eigenvalue weighted by Gasteiger charge is 2.21. The molecule has 0 bridgehead atoms. The van der Waals surface area contributed by atoms with Gasteiger partial charge in [-0.2, -0.15) is 0 Å². The number of thiazole rings is 2. The van der Waals surface area contributed by atoms with Crippen LogP contribution in [0.5, 0.6) is 0 Å². The summed E-state index contributed by atoms with van der Waals surface area (Å²) >= 11 is 12.3. The number of aromatic nitrogens is 2. The lowest BCUT2D eigenvalue weighted by molar-refractivity contribution is 0.654.